The van der Waals surface area contributed by atoms with Crippen LogP contribution in [0.1, 0.15) is 20.7 Å². The van der Waals surface area contributed by atoms with Crippen LogP contribution in [0.2, 0.25) is 0 Å². The maximum Gasteiger partial charge on any atom is 0.288 e. The van der Waals surface area contributed by atoms with Crippen molar-refractivity contribution < 1.29 is 18.4 Å². The number of halogens is 2. The van der Waals surface area contributed by atoms with E-state index in [1.807, 2.05) is 18.2 Å². The first-order valence-corrected chi connectivity index (χ1v) is 8.14. The predicted octanol–water partition coefficient (Wildman–Crippen LogP) is 3.56. The Kier molecular flexibility index (Phi) is 4.99. The van der Waals surface area contributed by atoms with Gasteiger partial charge in [0.05, 0.1) is 5.56 Å². The number of thioether (sulfide) groups is 1. The van der Waals surface area contributed by atoms with Crippen molar-refractivity contribution in [2.45, 2.75) is 10.7 Å². The van der Waals surface area contributed by atoms with Gasteiger partial charge in [0.1, 0.15) is 0 Å². The number of aromatic amines is 1. The molecule has 0 unspecified atom stereocenters. The second kappa shape index (κ2) is 7.35. The van der Waals surface area contributed by atoms with Crippen molar-refractivity contribution in [1.82, 2.24) is 15.8 Å². The number of carbonyl (C=O) groups is 2. The molecule has 0 saturated heterocycles. The zero-order valence-electron chi connectivity index (χ0n) is 12.8. The summed E-state index contributed by atoms with van der Waals surface area (Å²) >= 11 is 0.398. The van der Waals surface area contributed by atoms with Gasteiger partial charge in [0.2, 0.25) is 0 Å². The smallest absolute Gasteiger partial charge is 0.288 e. The van der Waals surface area contributed by atoms with Crippen molar-refractivity contribution in [2.24, 2.45) is 0 Å². The molecular formula is C17H13F2N3O2S. The maximum atomic E-state index is 12.3. The van der Waals surface area contributed by atoms with Crippen LogP contribution in [0, 0.1) is 0 Å². The SMILES string of the molecule is O=C(NNC(=O)c1c[nH]c2ccccc12)c1ccc(SC(F)F)cc1. The number of aromatic nitrogens is 1. The molecule has 8 heteroatoms. The first-order valence-electron chi connectivity index (χ1n) is 7.26. The number of para-hydroxylation sites is 1. The molecule has 0 aliphatic carbocycles. The minimum Gasteiger partial charge on any atom is -0.360 e. The lowest BCUT2D eigenvalue weighted by atomic mass is 10.2. The molecule has 3 aromatic rings. The van der Waals surface area contributed by atoms with E-state index in [-0.39, 0.29) is 5.56 Å². The molecule has 0 aliphatic rings. The topological polar surface area (TPSA) is 74.0 Å². The van der Waals surface area contributed by atoms with E-state index in [4.69, 9.17) is 0 Å². The lowest BCUT2D eigenvalue weighted by molar-refractivity contribution is 0.0847. The van der Waals surface area contributed by atoms with Crippen molar-refractivity contribution in [3.63, 3.8) is 0 Å². The number of rotatable bonds is 4. The van der Waals surface area contributed by atoms with Crippen LogP contribution in [0.25, 0.3) is 10.9 Å². The van der Waals surface area contributed by atoms with E-state index < -0.39 is 17.6 Å². The van der Waals surface area contributed by atoms with E-state index in [0.29, 0.717) is 22.2 Å². The number of nitrogens with one attached hydrogen (secondary N) is 3. The Morgan fingerprint density at radius 2 is 1.64 bits per heavy atom. The van der Waals surface area contributed by atoms with Crippen LogP contribution in [0.3, 0.4) is 0 Å². The summed E-state index contributed by atoms with van der Waals surface area (Å²) in [4.78, 5) is 27.6. The van der Waals surface area contributed by atoms with Crippen molar-refractivity contribution in [1.29, 1.82) is 0 Å². The fourth-order valence-electron chi connectivity index (χ4n) is 2.30. The zero-order chi connectivity index (χ0) is 17.8. The molecular weight excluding hydrogens is 348 g/mol. The van der Waals surface area contributed by atoms with Gasteiger partial charge in [-0.1, -0.05) is 30.0 Å². The lowest BCUT2D eigenvalue weighted by Crippen LogP contribution is -2.41. The molecule has 5 nitrogen and oxygen atoms in total. The third-order valence-corrected chi connectivity index (χ3v) is 4.19. The van der Waals surface area contributed by atoms with Gasteiger partial charge in [-0.15, -0.1) is 0 Å². The molecule has 2 aromatic carbocycles. The minimum atomic E-state index is -2.52. The monoisotopic (exact) mass is 361 g/mol. The van der Waals surface area contributed by atoms with Gasteiger partial charge in [-0.25, -0.2) is 0 Å². The fourth-order valence-corrected chi connectivity index (χ4v) is 2.80. The molecule has 3 N–H and O–H groups in total. The van der Waals surface area contributed by atoms with Gasteiger partial charge in [-0.2, -0.15) is 8.78 Å². The Hall–Kier alpha value is -2.87. The van der Waals surface area contributed by atoms with Crippen LogP contribution in [-0.4, -0.2) is 22.6 Å². The fraction of sp³-hybridized carbons (Fsp3) is 0.0588. The zero-order valence-corrected chi connectivity index (χ0v) is 13.6. The summed E-state index contributed by atoms with van der Waals surface area (Å²) in [7, 11) is 0. The van der Waals surface area contributed by atoms with Crippen molar-refractivity contribution >= 4 is 34.5 Å². The normalized spacial score (nSPS) is 10.8. The van der Waals surface area contributed by atoms with E-state index in [0.717, 1.165) is 10.9 Å². The van der Waals surface area contributed by atoms with Gasteiger partial charge in [-0.05, 0) is 30.3 Å². The number of hydrogen-bond donors (Lipinski definition) is 3. The highest BCUT2D eigenvalue weighted by molar-refractivity contribution is 7.99. The van der Waals surface area contributed by atoms with Crippen LogP contribution >= 0.6 is 11.8 Å². The number of hydrazine groups is 1. The second-order valence-electron chi connectivity index (χ2n) is 5.06. The molecule has 2 amide bonds. The Balaban J connectivity index is 1.63. The van der Waals surface area contributed by atoms with E-state index in [9.17, 15) is 18.4 Å². The molecule has 0 spiro atoms. The van der Waals surface area contributed by atoms with Crippen LogP contribution in [0.15, 0.2) is 59.6 Å². The Morgan fingerprint density at radius 3 is 2.36 bits per heavy atom. The standard InChI is InChI=1S/C17H13F2N3O2S/c18-17(19)25-11-7-5-10(6-8-11)15(23)21-22-16(24)13-9-20-14-4-2-1-3-12(13)14/h1-9,17,20H,(H,21,23)(H,22,24). The molecule has 0 aliphatic heterocycles. The Bertz CT molecular complexity index is 910. The van der Waals surface area contributed by atoms with Crippen LogP contribution in [-0.2, 0) is 0 Å². The minimum absolute atomic E-state index is 0.248. The number of fused-ring (bicyclic) bond motifs is 1. The van der Waals surface area contributed by atoms with Crippen molar-refractivity contribution in [3.05, 3.63) is 65.9 Å². The third kappa shape index (κ3) is 3.97. The van der Waals surface area contributed by atoms with Gasteiger partial charge in [-0.3, -0.25) is 20.4 Å². The number of hydrogen-bond acceptors (Lipinski definition) is 3. The van der Waals surface area contributed by atoms with E-state index >= 15 is 0 Å². The number of amides is 2. The summed E-state index contributed by atoms with van der Waals surface area (Å²) in [6, 6.07) is 13.0. The van der Waals surface area contributed by atoms with Gasteiger partial charge in [0.25, 0.3) is 17.6 Å². The largest absolute Gasteiger partial charge is 0.360 e. The summed E-state index contributed by atoms with van der Waals surface area (Å²) in [6.45, 7) is 0. The van der Waals surface area contributed by atoms with E-state index in [2.05, 4.69) is 15.8 Å². The molecule has 0 bridgehead atoms. The summed E-state index contributed by atoms with van der Waals surface area (Å²) < 4.78 is 24.5. The molecule has 1 heterocycles. The van der Waals surface area contributed by atoms with Crippen LogP contribution < -0.4 is 10.9 Å². The molecule has 1 aromatic heterocycles. The average Bonchev–Trinajstić information content (AvgIpc) is 3.03. The number of alkyl halides is 2. The molecule has 0 saturated carbocycles. The predicted molar refractivity (Wildman–Crippen MR) is 91.5 cm³/mol. The lowest BCUT2D eigenvalue weighted by Gasteiger charge is -2.07. The first-order chi connectivity index (χ1) is 12.0. The van der Waals surface area contributed by atoms with Gasteiger partial charge >= 0.3 is 0 Å². The van der Waals surface area contributed by atoms with Crippen molar-refractivity contribution in [3.8, 4) is 0 Å². The summed E-state index contributed by atoms with van der Waals surface area (Å²) in [5, 5.41) is 0.739. The molecule has 0 fully saturated rings. The summed E-state index contributed by atoms with van der Waals surface area (Å²) in [6.07, 6.45) is 1.56. The average molecular weight is 361 g/mol. The van der Waals surface area contributed by atoms with Crippen molar-refractivity contribution in [2.75, 3.05) is 0 Å². The number of benzene rings is 2. The molecule has 3 rings (SSSR count). The molecule has 25 heavy (non-hydrogen) atoms. The summed E-state index contributed by atoms with van der Waals surface area (Å²) in [5.74, 6) is -3.52. The number of H-pyrrole nitrogens is 1. The highest BCUT2D eigenvalue weighted by Gasteiger charge is 2.13. The Labute approximate surface area is 145 Å². The molecule has 0 atom stereocenters. The second-order valence-corrected chi connectivity index (χ2v) is 6.12. The highest BCUT2D eigenvalue weighted by atomic mass is 32.2. The number of carbonyl (C=O) groups excluding carboxylic acids is 2. The first kappa shape index (κ1) is 17.0. The quantitative estimate of drug-likeness (QED) is 0.491. The van der Waals surface area contributed by atoms with Gasteiger partial charge < -0.3 is 4.98 Å². The molecule has 128 valence electrons. The third-order valence-electron chi connectivity index (χ3n) is 3.47. The summed E-state index contributed by atoms with van der Waals surface area (Å²) in [5.41, 5.74) is 6.10. The van der Waals surface area contributed by atoms with Crippen LogP contribution in [0.5, 0.6) is 0 Å². The van der Waals surface area contributed by atoms with Gasteiger partial charge in [0, 0.05) is 27.6 Å². The van der Waals surface area contributed by atoms with Crippen LogP contribution in [0.4, 0.5) is 8.78 Å². The maximum absolute atomic E-state index is 12.3. The van der Waals surface area contributed by atoms with Gasteiger partial charge in [0.15, 0.2) is 0 Å². The van der Waals surface area contributed by atoms with E-state index in [1.54, 1.807) is 12.3 Å². The Morgan fingerprint density at radius 1 is 0.960 bits per heavy atom. The van der Waals surface area contributed by atoms with E-state index in [1.165, 1.54) is 24.3 Å². The highest BCUT2D eigenvalue weighted by Crippen LogP contribution is 2.25. The molecule has 0 radical (unpaired) electrons.